The van der Waals surface area contributed by atoms with E-state index in [9.17, 15) is 17.6 Å². The van der Waals surface area contributed by atoms with E-state index in [2.05, 4.69) is 5.32 Å². The molecule has 0 fully saturated rings. The van der Waals surface area contributed by atoms with Crippen molar-refractivity contribution >= 4 is 62.3 Å². The van der Waals surface area contributed by atoms with Crippen molar-refractivity contribution in [3.05, 3.63) is 62.8 Å². The standard InChI is InChI=1S/C18H17Cl3FNO3S2/c1-11(28(25,26)12-5-6-15(20)16(21)9-12)18(24)23-7-8-27-10-13-14(19)3-2-4-17(13)22/h2-6,9,11H,7-8,10H2,1H3,(H,23,24). The number of sulfone groups is 1. The predicted molar refractivity (Wildman–Crippen MR) is 114 cm³/mol. The molecule has 10 heteroatoms. The first-order valence-corrected chi connectivity index (χ1v) is 12.0. The number of carbonyl (C=O) groups excluding carboxylic acids is 1. The molecule has 0 saturated carbocycles. The van der Waals surface area contributed by atoms with Gasteiger partial charge < -0.3 is 5.32 Å². The highest BCUT2D eigenvalue weighted by atomic mass is 35.5. The van der Waals surface area contributed by atoms with Gasteiger partial charge in [-0.2, -0.15) is 11.8 Å². The quantitative estimate of drug-likeness (QED) is 0.536. The number of nitrogens with one attached hydrogen (secondary N) is 1. The van der Waals surface area contributed by atoms with Crippen LogP contribution < -0.4 is 5.32 Å². The molecule has 1 N–H and O–H groups in total. The third-order valence-corrected chi connectivity index (χ3v) is 8.04. The van der Waals surface area contributed by atoms with Crippen LogP contribution in [0, 0.1) is 5.82 Å². The minimum atomic E-state index is -3.90. The van der Waals surface area contributed by atoms with Crippen LogP contribution in [0.4, 0.5) is 4.39 Å². The molecule has 0 aliphatic heterocycles. The summed E-state index contributed by atoms with van der Waals surface area (Å²) in [6, 6.07) is 8.36. The number of hydrogen-bond acceptors (Lipinski definition) is 4. The van der Waals surface area contributed by atoms with Gasteiger partial charge in [0.25, 0.3) is 0 Å². The van der Waals surface area contributed by atoms with Gasteiger partial charge in [-0.1, -0.05) is 40.9 Å². The zero-order chi connectivity index (χ0) is 20.9. The number of halogens is 4. The molecular weight excluding hydrogens is 468 g/mol. The molecule has 2 aromatic rings. The summed E-state index contributed by atoms with van der Waals surface area (Å²) in [5.74, 6) is -0.199. The Morgan fingerprint density at radius 2 is 1.86 bits per heavy atom. The molecule has 0 saturated heterocycles. The average Bonchev–Trinajstić information content (AvgIpc) is 2.64. The topological polar surface area (TPSA) is 63.2 Å². The first-order chi connectivity index (χ1) is 13.1. The Hall–Kier alpha value is -0.990. The first kappa shape index (κ1) is 23.3. The minimum Gasteiger partial charge on any atom is -0.354 e. The number of hydrogen-bond donors (Lipinski definition) is 1. The van der Waals surface area contributed by atoms with Crippen molar-refractivity contribution in [2.24, 2.45) is 0 Å². The molecule has 0 aliphatic rings. The fraction of sp³-hybridized carbons (Fsp3) is 0.278. The highest BCUT2D eigenvalue weighted by molar-refractivity contribution is 7.98. The van der Waals surface area contributed by atoms with E-state index in [4.69, 9.17) is 34.8 Å². The molecule has 2 rings (SSSR count). The van der Waals surface area contributed by atoms with Crippen molar-refractivity contribution in [3.8, 4) is 0 Å². The van der Waals surface area contributed by atoms with E-state index in [1.165, 1.54) is 49.0 Å². The molecule has 152 valence electrons. The van der Waals surface area contributed by atoms with Crippen LogP contribution in [0.5, 0.6) is 0 Å². The molecule has 0 radical (unpaired) electrons. The van der Waals surface area contributed by atoms with Crippen LogP contribution >= 0.6 is 46.6 Å². The summed E-state index contributed by atoms with van der Waals surface area (Å²) in [5.41, 5.74) is 0.399. The van der Waals surface area contributed by atoms with Gasteiger partial charge in [0.1, 0.15) is 11.1 Å². The summed E-state index contributed by atoms with van der Waals surface area (Å²) in [6.45, 7) is 1.54. The Morgan fingerprint density at radius 3 is 2.50 bits per heavy atom. The van der Waals surface area contributed by atoms with Gasteiger partial charge in [-0.15, -0.1) is 0 Å². The van der Waals surface area contributed by atoms with Gasteiger partial charge in [0.15, 0.2) is 9.84 Å². The lowest BCUT2D eigenvalue weighted by Gasteiger charge is -2.14. The zero-order valence-corrected chi connectivity index (χ0v) is 18.6. The monoisotopic (exact) mass is 483 g/mol. The van der Waals surface area contributed by atoms with Crippen LogP contribution in [0.2, 0.25) is 15.1 Å². The molecule has 0 aliphatic carbocycles. The average molecular weight is 485 g/mol. The molecular formula is C18H17Cl3FNO3S2. The zero-order valence-electron chi connectivity index (χ0n) is 14.7. The van der Waals surface area contributed by atoms with E-state index >= 15 is 0 Å². The molecule has 0 heterocycles. The van der Waals surface area contributed by atoms with Gasteiger partial charge in [-0.25, -0.2) is 12.8 Å². The summed E-state index contributed by atoms with van der Waals surface area (Å²) in [7, 11) is -3.90. The summed E-state index contributed by atoms with van der Waals surface area (Å²) < 4.78 is 38.8. The molecule has 1 amide bonds. The van der Waals surface area contributed by atoms with E-state index in [-0.39, 0.29) is 27.3 Å². The summed E-state index contributed by atoms with van der Waals surface area (Å²) in [5, 5.41) is 1.95. The second-order valence-electron chi connectivity index (χ2n) is 5.81. The molecule has 0 spiro atoms. The fourth-order valence-corrected chi connectivity index (χ4v) is 5.11. The minimum absolute atomic E-state index is 0.0758. The van der Waals surface area contributed by atoms with Crippen molar-refractivity contribution in [2.75, 3.05) is 12.3 Å². The lowest BCUT2D eigenvalue weighted by atomic mass is 10.2. The number of rotatable bonds is 8. The normalized spacial score (nSPS) is 12.6. The third kappa shape index (κ3) is 5.76. The number of thioether (sulfide) groups is 1. The maximum Gasteiger partial charge on any atom is 0.238 e. The summed E-state index contributed by atoms with van der Waals surface area (Å²) in [4.78, 5) is 12.1. The largest absolute Gasteiger partial charge is 0.354 e. The van der Waals surface area contributed by atoms with Crippen LogP contribution in [0.25, 0.3) is 0 Å². The Labute approximate surface area is 182 Å². The van der Waals surface area contributed by atoms with Crippen molar-refractivity contribution in [3.63, 3.8) is 0 Å². The maximum absolute atomic E-state index is 13.7. The van der Waals surface area contributed by atoms with Gasteiger partial charge in [-0.3, -0.25) is 4.79 Å². The van der Waals surface area contributed by atoms with Gasteiger partial charge in [0.2, 0.25) is 5.91 Å². The lowest BCUT2D eigenvalue weighted by molar-refractivity contribution is -0.120. The van der Waals surface area contributed by atoms with E-state index in [1.54, 1.807) is 6.07 Å². The van der Waals surface area contributed by atoms with Crippen molar-refractivity contribution < 1.29 is 17.6 Å². The van der Waals surface area contributed by atoms with Crippen LogP contribution in [-0.4, -0.2) is 31.9 Å². The highest BCUT2D eigenvalue weighted by Gasteiger charge is 2.30. The molecule has 4 nitrogen and oxygen atoms in total. The molecule has 1 atom stereocenters. The van der Waals surface area contributed by atoms with Crippen LogP contribution in [0.1, 0.15) is 12.5 Å². The number of benzene rings is 2. The second kappa shape index (κ2) is 10.2. The molecule has 2 aromatic carbocycles. The summed E-state index contributed by atoms with van der Waals surface area (Å²) in [6.07, 6.45) is 0. The first-order valence-electron chi connectivity index (χ1n) is 8.12. The lowest BCUT2D eigenvalue weighted by Crippen LogP contribution is -2.38. The van der Waals surface area contributed by atoms with Gasteiger partial charge in [-0.05, 0) is 37.3 Å². The van der Waals surface area contributed by atoms with Crippen LogP contribution in [0.15, 0.2) is 41.3 Å². The van der Waals surface area contributed by atoms with Gasteiger partial charge >= 0.3 is 0 Å². The molecule has 1 unspecified atom stereocenters. The van der Waals surface area contributed by atoms with Gasteiger partial charge in [0, 0.05) is 28.6 Å². The maximum atomic E-state index is 13.7. The predicted octanol–water partition coefficient (Wildman–Crippen LogP) is 5.00. The van der Waals surface area contributed by atoms with Crippen molar-refractivity contribution in [1.29, 1.82) is 0 Å². The smallest absolute Gasteiger partial charge is 0.238 e. The molecule has 28 heavy (non-hydrogen) atoms. The van der Waals surface area contributed by atoms with Gasteiger partial charge in [0.05, 0.1) is 14.9 Å². The van der Waals surface area contributed by atoms with E-state index in [0.29, 0.717) is 22.1 Å². The summed E-state index contributed by atoms with van der Waals surface area (Å²) >= 11 is 19.0. The Morgan fingerprint density at radius 1 is 1.14 bits per heavy atom. The van der Waals surface area contributed by atoms with Crippen LogP contribution in [0.3, 0.4) is 0 Å². The second-order valence-corrected chi connectivity index (χ2v) is 10.4. The highest BCUT2D eigenvalue weighted by Crippen LogP contribution is 2.27. The third-order valence-electron chi connectivity index (χ3n) is 3.91. The van der Waals surface area contributed by atoms with Crippen LogP contribution in [-0.2, 0) is 20.4 Å². The molecule has 0 bridgehead atoms. The van der Waals surface area contributed by atoms with E-state index < -0.39 is 21.0 Å². The fourth-order valence-electron chi connectivity index (χ4n) is 2.23. The Kier molecular flexibility index (Phi) is 8.45. The number of carbonyl (C=O) groups is 1. The van der Waals surface area contributed by atoms with E-state index in [1.807, 2.05) is 0 Å². The molecule has 0 aromatic heterocycles. The Balaban J connectivity index is 1.87. The van der Waals surface area contributed by atoms with E-state index in [0.717, 1.165) is 0 Å². The number of amides is 1. The SMILES string of the molecule is CC(C(=O)NCCSCc1c(F)cccc1Cl)S(=O)(=O)c1ccc(Cl)c(Cl)c1. The Bertz CT molecular complexity index is 950. The van der Waals surface area contributed by atoms with Crippen molar-refractivity contribution in [2.45, 2.75) is 22.8 Å². The van der Waals surface area contributed by atoms with Crippen molar-refractivity contribution in [1.82, 2.24) is 5.32 Å².